The average Bonchev–Trinajstić information content (AvgIpc) is 2.42. The fourth-order valence-corrected chi connectivity index (χ4v) is 1.55. The number of hydrogen-bond donors (Lipinski definition) is 2. The van der Waals surface area contributed by atoms with Crippen molar-refractivity contribution in [1.29, 1.82) is 0 Å². The Morgan fingerprint density at radius 1 is 1.17 bits per heavy atom. The zero-order valence-corrected chi connectivity index (χ0v) is 11.2. The average molecular weight is 242 g/mol. The molecule has 18 heavy (non-hydrogen) atoms. The van der Waals surface area contributed by atoms with Crippen molar-refractivity contribution >= 4 is 0 Å². The first-order valence-corrected chi connectivity index (χ1v) is 6.24. The van der Waals surface area contributed by atoms with Crippen molar-refractivity contribution in [2.75, 3.05) is 6.54 Å². The Morgan fingerprint density at radius 3 is 2.50 bits per heavy atom. The maximum Gasteiger partial charge on any atom is 0.0917 e. The second kappa shape index (κ2) is 8.18. The molecule has 0 saturated carbocycles. The Morgan fingerprint density at radius 2 is 1.89 bits per heavy atom. The molecule has 1 rings (SSSR count). The molecule has 0 bridgehead atoms. The molecule has 1 aromatic rings. The normalized spacial score (nSPS) is 11.6. The molecule has 0 aliphatic rings. The van der Waals surface area contributed by atoms with E-state index in [-0.39, 0.29) is 0 Å². The lowest BCUT2D eigenvalue weighted by Gasteiger charge is -2.12. The highest BCUT2D eigenvalue weighted by atomic mass is 15.1. The zero-order valence-electron chi connectivity index (χ0n) is 11.2. The van der Waals surface area contributed by atoms with Gasteiger partial charge in [-0.15, -0.1) is 0 Å². The van der Waals surface area contributed by atoms with Gasteiger partial charge in [-0.1, -0.05) is 55.1 Å². The van der Waals surface area contributed by atoms with Gasteiger partial charge in [0.05, 0.1) is 5.82 Å². The van der Waals surface area contributed by atoms with Crippen molar-refractivity contribution in [2.24, 2.45) is 0 Å². The summed E-state index contributed by atoms with van der Waals surface area (Å²) in [5.74, 6) is 0.850. The fraction of sp³-hybridized carbons (Fsp3) is 0.250. The van der Waals surface area contributed by atoms with E-state index in [0.717, 1.165) is 18.9 Å². The molecular weight excluding hydrogens is 220 g/mol. The summed E-state index contributed by atoms with van der Waals surface area (Å²) < 4.78 is 0. The molecule has 0 aromatic heterocycles. The molecule has 2 heteroatoms. The summed E-state index contributed by atoms with van der Waals surface area (Å²) in [6, 6.07) is 10.3. The summed E-state index contributed by atoms with van der Waals surface area (Å²) in [5.41, 5.74) is 2.50. The molecule has 0 aliphatic heterocycles. The molecule has 2 nitrogen and oxygen atoms in total. The lowest BCUT2D eigenvalue weighted by atomic mass is 10.2. The minimum atomic E-state index is 0.793. The number of hydrogen-bond acceptors (Lipinski definition) is 2. The van der Waals surface area contributed by atoms with Gasteiger partial charge in [0.25, 0.3) is 0 Å². The van der Waals surface area contributed by atoms with Crippen molar-refractivity contribution < 1.29 is 0 Å². The molecule has 2 N–H and O–H groups in total. The molecule has 0 saturated heterocycles. The third-order valence-corrected chi connectivity index (χ3v) is 2.61. The van der Waals surface area contributed by atoms with Gasteiger partial charge in [-0.2, -0.15) is 0 Å². The SMILES string of the molecule is C=C(NCC(/C=C\C)=C/C)NCc1ccccc1. The molecule has 0 atom stereocenters. The molecule has 0 fully saturated rings. The Bertz CT molecular complexity index is 416. The second-order valence-electron chi connectivity index (χ2n) is 4.03. The van der Waals surface area contributed by atoms with Crippen LogP contribution in [0.25, 0.3) is 0 Å². The highest BCUT2D eigenvalue weighted by molar-refractivity contribution is 5.20. The topological polar surface area (TPSA) is 24.1 Å². The Kier molecular flexibility index (Phi) is 6.41. The van der Waals surface area contributed by atoms with Crippen LogP contribution in [-0.4, -0.2) is 6.54 Å². The Balaban J connectivity index is 2.30. The summed E-state index contributed by atoms with van der Waals surface area (Å²) in [5, 5.41) is 6.53. The van der Waals surface area contributed by atoms with Crippen molar-refractivity contribution in [3.63, 3.8) is 0 Å². The second-order valence-corrected chi connectivity index (χ2v) is 4.03. The van der Waals surface area contributed by atoms with E-state index in [2.05, 4.69) is 41.5 Å². The smallest absolute Gasteiger partial charge is 0.0917 e. The van der Waals surface area contributed by atoms with E-state index in [9.17, 15) is 0 Å². The molecule has 0 aliphatic carbocycles. The van der Waals surface area contributed by atoms with Crippen LogP contribution in [0.3, 0.4) is 0 Å². The summed E-state index contributed by atoms with van der Waals surface area (Å²) in [6.07, 6.45) is 6.23. The Hall–Kier alpha value is -1.96. The molecule has 0 spiro atoms. The van der Waals surface area contributed by atoms with E-state index < -0.39 is 0 Å². The summed E-state index contributed by atoms with van der Waals surface area (Å²) in [7, 11) is 0. The molecular formula is C16H22N2. The highest BCUT2D eigenvalue weighted by Gasteiger charge is 1.95. The van der Waals surface area contributed by atoms with Crippen LogP contribution < -0.4 is 10.6 Å². The Labute approximate surface area is 110 Å². The monoisotopic (exact) mass is 242 g/mol. The molecule has 0 radical (unpaired) electrons. The van der Waals surface area contributed by atoms with Crippen LogP contribution in [0.5, 0.6) is 0 Å². The summed E-state index contributed by atoms with van der Waals surface area (Å²) in [4.78, 5) is 0. The first-order valence-electron chi connectivity index (χ1n) is 6.24. The molecule has 1 aromatic carbocycles. The van der Waals surface area contributed by atoms with Crippen molar-refractivity contribution in [2.45, 2.75) is 20.4 Å². The van der Waals surface area contributed by atoms with Crippen LogP contribution in [0.2, 0.25) is 0 Å². The predicted octanol–water partition coefficient (Wildman–Crippen LogP) is 3.36. The molecule has 0 unspecified atom stereocenters. The van der Waals surface area contributed by atoms with Crippen LogP contribution >= 0.6 is 0 Å². The minimum absolute atomic E-state index is 0.793. The number of nitrogens with one attached hydrogen (secondary N) is 2. The van der Waals surface area contributed by atoms with Gasteiger partial charge in [-0.25, -0.2) is 0 Å². The van der Waals surface area contributed by atoms with Crippen LogP contribution in [-0.2, 0) is 6.54 Å². The van der Waals surface area contributed by atoms with Crippen molar-refractivity contribution in [3.8, 4) is 0 Å². The van der Waals surface area contributed by atoms with Crippen LogP contribution in [0.15, 0.2) is 66.5 Å². The van der Waals surface area contributed by atoms with Gasteiger partial charge in [0, 0.05) is 13.1 Å². The largest absolute Gasteiger partial charge is 0.368 e. The van der Waals surface area contributed by atoms with Crippen LogP contribution in [0, 0.1) is 0 Å². The van der Waals surface area contributed by atoms with Crippen molar-refractivity contribution in [1.82, 2.24) is 10.6 Å². The van der Waals surface area contributed by atoms with Gasteiger partial charge in [-0.3, -0.25) is 0 Å². The van der Waals surface area contributed by atoms with E-state index in [0.29, 0.717) is 0 Å². The number of benzene rings is 1. The number of allylic oxidation sites excluding steroid dienone is 2. The van der Waals surface area contributed by atoms with Crippen molar-refractivity contribution in [3.05, 3.63) is 72.1 Å². The van der Waals surface area contributed by atoms with Gasteiger partial charge in [0.15, 0.2) is 0 Å². The van der Waals surface area contributed by atoms with E-state index in [1.165, 1.54) is 11.1 Å². The molecule has 0 heterocycles. The molecule has 0 amide bonds. The van der Waals surface area contributed by atoms with E-state index in [1.54, 1.807) is 0 Å². The molecule has 96 valence electrons. The van der Waals surface area contributed by atoms with Gasteiger partial charge >= 0.3 is 0 Å². The van der Waals surface area contributed by atoms with Gasteiger partial charge in [0.2, 0.25) is 0 Å². The lowest BCUT2D eigenvalue weighted by Crippen LogP contribution is -2.26. The quantitative estimate of drug-likeness (QED) is 0.716. The summed E-state index contributed by atoms with van der Waals surface area (Å²) >= 11 is 0. The maximum absolute atomic E-state index is 3.96. The van der Waals surface area contributed by atoms with Crippen LogP contribution in [0.1, 0.15) is 19.4 Å². The minimum Gasteiger partial charge on any atom is -0.368 e. The maximum atomic E-state index is 3.96. The van der Waals surface area contributed by atoms with Gasteiger partial charge in [-0.05, 0) is 25.0 Å². The van der Waals surface area contributed by atoms with E-state index >= 15 is 0 Å². The summed E-state index contributed by atoms with van der Waals surface area (Å²) in [6.45, 7) is 9.61. The highest BCUT2D eigenvalue weighted by Crippen LogP contribution is 1.99. The zero-order chi connectivity index (χ0) is 13.2. The lowest BCUT2D eigenvalue weighted by molar-refractivity contribution is 0.713. The van der Waals surface area contributed by atoms with E-state index in [1.807, 2.05) is 38.1 Å². The predicted molar refractivity (Wildman–Crippen MR) is 79.0 cm³/mol. The number of rotatable bonds is 7. The van der Waals surface area contributed by atoms with Crippen LogP contribution in [0.4, 0.5) is 0 Å². The van der Waals surface area contributed by atoms with Gasteiger partial charge < -0.3 is 10.6 Å². The third-order valence-electron chi connectivity index (χ3n) is 2.61. The third kappa shape index (κ3) is 5.39. The van der Waals surface area contributed by atoms with E-state index in [4.69, 9.17) is 0 Å². The fourth-order valence-electron chi connectivity index (χ4n) is 1.55. The first kappa shape index (κ1) is 14.1. The van der Waals surface area contributed by atoms with Gasteiger partial charge in [0.1, 0.15) is 0 Å². The standard InChI is InChI=1S/C16H22N2/c1-4-9-15(5-2)12-17-14(3)18-13-16-10-7-6-8-11-16/h4-11,17-18H,3,12-13H2,1-2H3/b9-4-,15-5+. The first-order chi connectivity index (χ1) is 8.76.